The topological polar surface area (TPSA) is 50.9 Å². The van der Waals surface area contributed by atoms with E-state index in [0.29, 0.717) is 5.82 Å². The molecule has 2 rings (SSSR count). The maximum absolute atomic E-state index is 5.74. The Labute approximate surface area is 110 Å². The molecule has 2 aromatic rings. The molecule has 3 N–H and O–H groups in total. The third kappa shape index (κ3) is 2.61. The minimum Gasteiger partial charge on any atom is -0.383 e. The highest BCUT2D eigenvalue weighted by atomic mass is 32.1. The van der Waals surface area contributed by atoms with Crippen LogP contribution in [-0.2, 0) is 5.41 Å². The van der Waals surface area contributed by atoms with Gasteiger partial charge in [-0.05, 0) is 29.9 Å². The zero-order chi connectivity index (χ0) is 12.5. The van der Waals surface area contributed by atoms with E-state index in [1.165, 1.54) is 16.4 Å². The van der Waals surface area contributed by atoms with E-state index < -0.39 is 0 Å². The van der Waals surface area contributed by atoms with Crippen LogP contribution in [-0.4, -0.2) is 10.9 Å². The SMILES string of the molecule is Cc1c(N)nsc1NCC(C)(C)c1cccs1. The number of rotatable bonds is 4. The molecule has 92 valence electrons. The van der Waals surface area contributed by atoms with Crippen molar-refractivity contribution >= 4 is 33.7 Å². The van der Waals surface area contributed by atoms with Gasteiger partial charge in [0.15, 0.2) is 0 Å². The molecule has 0 aliphatic heterocycles. The number of nitrogens with zero attached hydrogens (tertiary/aromatic N) is 1. The van der Waals surface area contributed by atoms with E-state index in [2.05, 4.69) is 41.1 Å². The highest BCUT2D eigenvalue weighted by Gasteiger charge is 2.22. The van der Waals surface area contributed by atoms with Gasteiger partial charge in [-0.3, -0.25) is 0 Å². The summed E-state index contributed by atoms with van der Waals surface area (Å²) in [6, 6.07) is 4.28. The number of hydrogen-bond donors (Lipinski definition) is 2. The number of thiophene rings is 1. The smallest absolute Gasteiger partial charge is 0.142 e. The summed E-state index contributed by atoms with van der Waals surface area (Å²) in [7, 11) is 0. The summed E-state index contributed by atoms with van der Waals surface area (Å²) in [6.45, 7) is 7.37. The van der Waals surface area contributed by atoms with E-state index in [1.54, 1.807) is 11.3 Å². The first-order chi connectivity index (χ1) is 8.00. The van der Waals surface area contributed by atoms with Crippen LogP contribution in [0.15, 0.2) is 17.5 Å². The molecule has 0 atom stereocenters. The fourth-order valence-electron chi connectivity index (χ4n) is 1.56. The zero-order valence-corrected chi connectivity index (χ0v) is 11.9. The highest BCUT2D eigenvalue weighted by molar-refractivity contribution is 7.10. The molecule has 5 heteroatoms. The molecule has 3 nitrogen and oxygen atoms in total. The molecule has 0 aliphatic rings. The molecule has 0 spiro atoms. The number of nitrogens with two attached hydrogens (primary N) is 1. The fourth-order valence-corrected chi connectivity index (χ4v) is 3.12. The average Bonchev–Trinajstić information content (AvgIpc) is 2.90. The molecule has 0 saturated carbocycles. The second-order valence-corrected chi connectivity index (χ2v) is 6.46. The van der Waals surface area contributed by atoms with E-state index >= 15 is 0 Å². The Morgan fingerprint density at radius 3 is 2.76 bits per heavy atom. The van der Waals surface area contributed by atoms with E-state index in [0.717, 1.165) is 17.1 Å². The molecule has 0 unspecified atom stereocenters. The van der Waals surface area contributed by atoms with Crippen LogP contribution in [0.4, 0.5) is 10.8 Å². The Hall–Kier alpha value is -1.07. The van der Waals surface area contributed by atoms with Crippen molar-refractivity contribution in [3.05, 3.63) is 28.0 Å². The van der Waals surface area contributed by atoms with Crippen LogP contribution in [0, 0.1) is 6.92 Å². The third-order valence-corrected chi connectivity index (χ3v) is 5.00. The largest absolute Gasteiger partial charge is 0.383 e. The van der Waals surface area contributed by atoms with E-state index in [1.807, 2.05) is 6.92 Å². The summed E-state index contributed by atoms with van der Waals surface area (Å²) in [5.41, 5.74) is 6.91. The predicted molar refractivity (Wildman–Crippen MR) is 77.1 cm³/mol. The molecule has 17 heavy (non-hydrogen) atoms. The van der Waals surface area contributed by atoms with Crippen molar-refractivity contribution in [3.63, 3.8) is 0 Å². The molecule has 0 aliphatic carbocycles. The molecule has 0 aromatic carbocycles. The van der Waals surface area contributed by atoms with Crippen molar-refractivity contribution in [2.45, 2.75) is 26.2 Å². The van der Waals surface area contributed by atoms with Crippen molar-refractivity contribution in [1.29, 1.82) is 0 Å². The van der Waals surface area contributed by atoms with Gasteiger partial charge in [0, 0.05) is 22.4 Å². The zero-order valence-electron chi connectivity index (χ0n) is 10.3. The molecule has 2 aromatic heterocycles. The summed E-state index contributed by atoms with van der Waals surface area (Å²) >= 11 is 3.23. The van der Waals surface area contributed by atoms with Crippen LogP contribution in [0.1, 0.15) is 24.3 Å². The van der Waals surface area contributed by atoms with Gasteiger partial charge in [-0.2, -0.15) is 4.37 Å². The monoisotopic (exact) mass is 267 g/mol. The summed E-state index contributed by atoms with van der Waals surface area (Å²) in [5, 5.41) is 6.64. The normalized spacial score (nSPS) is 11.7. The Balaban J connectivity index is 2.05. The third-order valence-electron chi connectivity index (χ3n) is 2.84. The number of hydrogen-bond acceptors (Lipinski definition) is 5. The van der Waals surface area contributed by atoms with Gasteiger partial charge in [0.1, 0.15) is 10.8 Å². The van der Waals surface area contributed by atoms with Crippen molar-refractivity contribution in [2.24, 2.45) is 0 Å². The maximum atomic E-state index is 5.74. The summed E-state index contributed by atoms with van der Waals surface area (Å²) in [4.78, 5) is 1.39. The molecule has 0 radical (unpaired) electrons. The quantitative estimate of drug-likeness (QED) is 0.891. The van der Waals surface area contributed by atoms with Crippen LogP contribution >= 0.6 is 22.9 Å². The number of nitrogen functional groups attached to an aromatic ring is 1. The molecular formula is C12H17N3S2. The van der Waals surface area contributed by atoms with Crippen LogP contribution in [0.5, 0.6) is 0 Å². The Kier molecular flexibility index (Phi) is 3.40. The fraction of sp³-hybridized carbons (Fsp3) is 0.417. The van der Waals surface area contributed by atoms with Crippen molar-refractivity contribution in [2.75, 3.05) is 17.6 Å². The summed E-state index contributed by atoms with van der Waals surface area (Å²) in [5.74, 6) is 0.631. The van der Waals surface area contributed by atoms with Crippen LogP contribution in [0.3, 0.4) is 0 Å². The summed E-state index contributed by atoms with van der Waals surface area (Å²) in [6.07, 6.45) is 0. The van der Waals surface area contributed by atoms with Gasteiger partial charge in [-0.25, -0.2) is 0 Å². The van der Waals surface area contributed by atoms with Crippen molar-refractivity contribution in [3.8, 4) is 0 Å². The molecule has 0 saturated heterocycles. The van der Waals surface area contributed by atoms with Gasteiger partial charge in [0.05, 0.1) is 0 Å². The lowest BCUT2D eigenvalue weighted by molar-refractivity contribution is 0.570. The van der Waals surface area contributed by atoms with Gasteiger partial charge >= 0.3 is 0 Å². The summed E-state index contributed by atoms with van der Waals surface area (Å²) < 4.78 is 4.14. The van der Waals surface area contributed by atoms with Gasteiger partial charge < -0.3 is 11.1 Å². The van der Waals surface area contributed by atoms with Gasteiger partial charge in [0.25, 0.3) is 0 Å². The number of aromatic nitrogens is 1. The minimum absolute atomic E-state index is 0.124. The highest BCUT2D eigenvalue weighted by Crippen LogP contribution is 2.30. The Morgan fingerprint density at radius 2 is 2.24 bits per heavy atom. The van der Waals surface area contributed by atoms with Crippen LogP contribution in [0.25, 0.3) is 0 Å². The van der Waals surface area contributed by atoms with Gasteiger partial charge in [0.2, 0.25) is 0 Å². The second-order valence-electron chi connectivity index (χ2n) is 4.74. The predicted octanol–water partition coefficient (Wildman–Crippen LogP) is 3.48. The van der Waals surface area contributed by atoms with E-state index in [4.69, 9.17) is 5.73 Å². The van der Waals surface area contributed by atoms with Crippen molar-refractivity contribution in [1.82, 2.24) is 4.37 Å². The Morgan fingerprint density at radius 1 is 1.47 bits per heavy atom. The molecule has 0 fully saturated rings. The van der Waals surface area contributed by atoms with E-state index in [-0.39, 0.29) is 5.41 Å². The van der Waals surface area contributed by atoms with Gasteiger partial charge in [-0.1, -0.05) is 19.9 Å². The second kappa shape index (κ2) is 4.66. The number of anilines is 2. The lowest BCUT2D eigenvalue weighted by atomic mass is 9.91. The minimum atomic E-state index is 0.124. The number of nitrogens with one attached hydrogen (secondary N) is 1. The Bertz CT molecular complexity index is 486. The molecule has 2 heterocycles. The van der Waals surface area contributed by atoms with Crippen molar-refractivity contribution < 1.29 is 0 Å². The first-order valence-corrected chi connectivity index (χ1v) is 7.15. The lowest BCUT2D eigenvalue weighted by Gasteiger charge is -2.23. The lowest BCUT2D eigenvalue weighted by Crippen LogP contribution is -2.26. The van der Waals surface area contributed by atoms with Crippen LogP contribution in [0.2, 0.25) is 0 Å². The molecule has 0 bridgehead atoms. The molecular weight excluding hydrogens is 250 g/mol. The van der Waals surface area contributed by atoms with Gasteiger partial charge in [-0.15, -0.1) is 11.3 Å². The first-order valence-electron chi connectivity index (χ1n) is 5.50. The standard InChI is InChI=1S/C12H17N3S2/c1-8-10(13)15-17-11(8)14-7-12(2,3)9-5-4-6-16-9/h4-6,14H,7H2,1-3H3,(H2,13,15). The maximum Gasteiger partial charge on any atom is 0.142 e. The average molecular weight is 267 g/mol. The first kappa shape index (κ1) is 12.4. The van der Waals surface area contributed by atoms with E-state index in [9.17, 15) is 0 Å². The molecule has 0 amide bonds. The van der Waals surface area contributed by atoms with Crippen LogP contribution < -0.4 is 11.1 Å².